The van der Waals surface area contributed by atoms with Crippen LogP contribution >= 0.6 is 0 Å². The molecule has 12 heavy (non-hydrogen) atoms. The van der Waals surface area contributed by atoms with Crippen LogP contribution in [0.15, 0.2) is 0 Å². The average molecular weight is 241 g/mol. The average Bonchev–Trinajstić information content (AvgIpc) is 0. The van der Waals surface area contributed by atoms with Gasteiger partial charge in [0.1, 0.15) is 0 Å². The van der Waals surface area contributed by atoms with Crippen LogP contribution in [-0.2, 0) is 13.5 Å². The standard InChI is InChI=1S/2Na.9H2O.H2S/h;;10*1H2/q2*+1;;;;;;;;;;/p-1. The predicted molar refractivity (Wildman–Crippen MR) is 41.3 cm³/mol. The van der Waals surface area contributed by atoms with E-state index >= 15 is 0 Å². The fraction of sp³-hybridized carbons (Fsp3) is 0. The van der Waals surface area contributed by atoms with Gasteiger partial charge in [-0.2, -0.15) is 0 Å². The van der Waals surface area contributed by atoms with Gasteiger partial charge in [-0.15, -0.1) is 0 Å². The van der Waals surface area contributed by atoms with Gasteiger partial charge in [0.2, 0.25) is 0 Å². The van der Waals surface area contributed by atoms with Gasteiger partial charge in [-0.3, -0.25) is 0 Å². The zero-order chi connectivity index (χ0) is 0. The van der Waals surface area contributed by atoms with Crippen molar-refractivity contribution in [3.8, 4) is 0 Å². The van der Waals surface area contributed by atoms with Gasteiger partial charge >= 0.3 is 59.1 Å². The van der Waals surface area contributed by atoms with Crippen LogP contribution in [0.5, 0.6) is 0 Å². The Morgan fingerprint density at radius 3 is 0.250 bits per heavy atom. The molecule has 18 N–H and O–H groups in total. The third kappa shape index (κ3) is 366. The molecule has 0 rings (SSSR count). The van der Waals surface area contributed by atoms with E-state index < -0.39 is 0 Å². The van der Waals surface area contributed by atoms with Gasteiger partial charge in [-0.1, -0.05) is 0 Å². The van der Waals surface area contributed by atoms with Crippen molar-refractivity contribution in [3.63, 3.8) is 0 Å². The third-order valence-corrected chi connectivity index (χ3v) is 0. The van der Waals surface area contributed by atoms with Crippen molar-refractivity contribution in [2.75, 3.05) is 0 Å². The topological polar surface area (TPSA) is 284 Å². The Bertz CT molecular complexity index is 12.5. The Morgan fingerprint density at radius 2 is 0.250 bits per heavy atom. The Kier molecular flexibility index (Phi) is 23400. The normalized spacial score (nSPS) is 0. The Hall–Kier alpha value is 1.99. The molecule has 0 heterocycles. The van der Waals surface area contributed by atoms with Crippen molar-refractivity contribution in [1.29, 1.82) is 0 Å². The Labute approximate surface area is 121 Å². The number of rotatable bonds is 0. The van der Waals surface area contributed by atoms with E-state index in [1.807, 2.05) is 0 Å². The molecular weight excluding hydrogens is 222 g/mol. The summed E-state index contributed by atoms with van der Waals surface area (Å²) in [5.74, 6) is 0. The fourth-order valence-corrected chi connectivity index (χ4v) is 0. The quantitative estimate of drug-likeness (QED) is 0.222. The molecule has 0 amide bonds. The smallest absolute Gasteiger partial charge is 0.813 e. The van der Waals surface area contributed by atoms with Gasteiger partial charge in [0.15, 0.2) is 0 Å². The molecule has 0 aromatic rings. The summed E-state index contributed by atoms with van der Waals surface area (Å²) in [7, 11) is 0. The first-order chi connectivity index (χ1) is 0. The van der Waals surface area contributed by atoms with Crippen LogP contribution in [-0.4, -0.2) is 49.3 Å². The van der Waals surface area contributed by atoms with E-state index in [-0.39, 0.29) is 122 Å². The van der Waals surface area contributed by atoms with E-state index in [1.54, 1.807) is 0 Å². The summed E-state index contributed by atoms with van der Waals surface area (Å²) in [4.78, 5) is 0. The van der Waals surface area contributed by atoms with Crippen molar-refractivity contribution in [1.82, 2.24) is 0 Å². The molecule has 0 aliphatic rings. The first kappa shape index (κ1) is 596. The van der Waals surface area contributed by atoms with Crippen molar-refractivity contribution in [2.45, 2.75) is 0 Å². The number of hydrogen-bond donors (Lipinski definition) is 0. The molecule has 0 aromatic heterocycles. The van der Waals surface area contributed by atoms with Crippen molar-refractivity contribution in [3.05, 3.63) is 0 Å². The predicted octanol–water partition coefficient (Wildman–Crippen LogP) is -13.7. The maximum atomic E-state index is 0. The van der Waals surface area contributed by atoms with Crippen LogP contribution in [0.1, 0.15) is 0 Å². The zero-order valence-corrected chi connectivity index (χ0v) is 11.8. The Balaban J connectivity index is 0. The minimum absolute atomic E-state index is 0. The van der Waals surface area contributed by atoms with Crippen molar-refractivity contribution < 1.29 is 108 Å². The summed E-state index contributed by atoms with van der Waals surface area (Å²) in [6, 6.07) is 0. The van der Waals surface area contributed by atoms with E-state index in [0.717, 1.165) is 0 Å². The Morgan fingerprint density at radius 1 is 0.250 bits per heavy atom. The van der Waals surface area contributed by atoms with Gasteiger partial charge in [0, 0.05) is 0 Å². The summed E-state index contributed by atoms with van der Waals surface area (Å²) in [5.41, 5.74) is 0. The molecule has 0 aliphatic heterocycles. The van der Waals surface area contributed by atoms with Gasteiger partial charge in [-0.05, 0) is 0 Å². The monoisotopic (exact) mass is 241 g/mol. The zero-order valence-electron chi connectivity index (χ0n) is 6.95. The first-order valence-corrected chi connectivity index (χ1v) is 0. The summed E-state index contributed by atoms with van der Waals surface area (Å²) < 4.78 is 0. The molecule has 80 valence electrons. The second kappa shape index (κ2) is 472. The van der Waals surface area contributed by atoms with Crippen LogP contribution in [0.3, 0.4) is 0 Å². The van der Waals surface area contributed by atoms with E-state index in [1.165, 1.54) is 0 Å². The first-order valence-electron chi connectivity index (χ1n) is 0. The molecule has 0 saturated heterocycles. The van der Waals surface area contributed by atoms with Crippen molar-refractivity contribution in [2.24, 2.45) is 0 Å². The SMILES string of the molecule is O.O.O.O.O.O.O.O.O.[Na+].[Na+].[SH-]. The molecular formula is H19Na2O9S+. The van der Waals surface area contributed by atoms with Gasteiger partial charge in [-0.25, -0.2) is 0 Å². The van der Waals surface area contributed by atoms with Crippen LogP contribution in [0.25, 0.3) is 0 Å². The van der Waals surface area contributed by atoms with E-state index in [4.69, 9.17) is 0 Å². The second-order valence-corrected chi connectivity index (χ2v) is 0. The van der Waals surface area contributed by atoms with E-state index in [2.05, 4.69) is 0 Å². The molecule has 0 fully saturated rings. The fourth-order valence-electron chi connectivity index (χ4n) is 0. The molecule has 0 spiro atoms. The molecule has 0 aromatic carbocycles. The van der Waals surface area contributed by atoms with Crippen molar-refractivity contribution >= 4 is 13.5 Å². The van der Waals surface area contributed by atoms with Gasteiger partial charge in [0.05, 0.1) is 0 Å². The van der Waals surface area contributed by atoms with Crippen LogP contribution < -0.4 is 59.1 Å². The third-order valence-electron chi connectivity index (χ3n) is 0. The number of thiol groups is 1. The maximum Gasteiger partial charge on any atom is 1.00 e. The molecule has 0 bridgehead atoms. The molecule has 0 atom stereocenters. The van der Waals surface area contributed by atoms with Crippen LogP contribution in [0, 0.1) is 0 Å². The summed E-state index contributed by atoms with van der Waals surface area (Å²) in [5, 5.41) is 0. The summed E-state index contributed by atoms with van der Waals surface area (Å²) in [6.45, 7) is 0. The largest absolute Gasteiger partial charge is 1.00 e. The number of hydrogen-bond acceptors (Lipinski definition) is 1. The van der Waals surface area contributed by atoms with Crippen LogP contribution in [0.4, 0.5) is 0 Å². The van der Waals surface area contributed by atoms with Gasteiger partial charge in [0.25, 0.3) is 0 Å². The van der Waals surface area contributed by atoms with Crippen LogP contribution in [0.2, 0.25) is 0 Å². The second-order valence-electron chi connectivity index (χ2n) is 0. The molecule has 0 unspecified atom stereocenters. The maximum absolute atomic E-state index is 0. The summed E-state index contributed by atoms with van der Waals surface area (Å²) in [6.07, 6.45) is 0. The molecule has 12 heteroatoms. The van der Waals surface area contributed by atoms with E-state index in [0.29, 0.717) is 0 Å². The minimum atomic E-state index is 0. The molecule has 0 radical (unpaired) electrons. The van der Waals surface area contributed by atoms with E-state index in [9.17, 15) is 0 Å². The van der Waals surface area contributed by atoms with Gasteiger partial charge < -0.3 is 62.8 Å². The molecule has 0 aliphatic carbocycles. The minimum Gasteiger partial charge on any atom is -0.813 e. The molecule has 0 saturated carbocycles. The summed E-state index contributed by atoms with van der Waals surface area (Å²) >= 11 is 0. The molecule has 9 nitrogen and oxygen atoms in total.